The van der Waals surface area contributed by atoms with Gasteiger partial charge in [0.15, 0.2) is 0 Å². The molecule has 1 aliphatic carbocycles. The summed E-state index contributed by atoms with van der Waals surface area (Å²) in [6, 6.07) is 8.24. The largest absolute Gasteiger partial charge is 0.352 e. The molecule has 0 heterocycles. The summed E-state index contributed by atoms with van der Waals surface area (Å²) in [5.74, 6) is 0.122. The van der Waals surface area contributed by atoms with Gasteiger partial charge >= 0.3 is 0 Å². The molecule has 0 spiro atoms. The zero-order valence-corrected chi connectivity index (χ0v) is 11.5. The molecular weight excluding hydrogens is 248 g/mol. The fourth-order valence-corrected chi connectivity index (χ4v) is 2.46. The van der Waals surface area contributed by atoms with E-state index in [1.54, 1.807) is 0 Å². The Morgan fingerprint density at radius 3 is 2.83 bits per heavy atom. The highest BCUT2D eigenvalue weighted by molar-refractivity contribution is 5.85. The van der Waals surface area contributed by atoms with Gasteiger partial charge < -0.3 is 11.1 Å². The number of hydrogen-bond acceptors (Lipinski definition) is 2. The maximum absolute atomic E-state index is 11.9. The third-order valence-corrected chi connectivity index (χ3v) is 3.46. The summed E-state index contributed by atoms with van der Waals surface area (Å²) in [4.78, 5) is 11.9. The normalized spacial score (nSPS) is 22.3. The second-order valence-electron chi connectivity index (χ2n) is 4.91. The van der Waals surface area contributed by atoms with Crippen LogP contribution in [0.25, 0.3) is 0 Å². The summed E-state index contributed by atoms with van der Waals surface area (Å²) < 4.78 is 0. The molecular formula is C14H21ClN2O. The Hall–Kier alpha value is -1.06. The lowest BCUT2D eigenvalue weighted by molar-refractivity contribution is -0.125. The SMILES string of the molecule is Cc1cccc(CNC(=O)C2CCCC2N)c1.Cl. The van der Waals surface area contributed by atoms with Crippen LogP contribution in [-0.2, 0) is 11.3 Å². The van der Waals surface area contributed by atoms with Gasteiger partial charge in [-0.25, -0.2) is 0 Å². The standard InChI is InChI=1S/C14H20N2O.ClH/c1-10-4-2-5-11(8-10)9-16-14(17)12-6-3-7-13(12)15;/h2,4-5,8,12-13H,3,6-7,9,15H2,1H3,(H,16,17);1H. The van der Waals surface area contributed by atoms with Gasteiger partial charge in [-0.3, -0.25) is 4.79 Å². The summed E-state index contributed by atoms with van der Waals surface area (Å²) in [7, 11) is 0. The van der Waals surface area contributed by atoms with E-state index in [-0.39, 0.29) is 30.3 Å². The molecule has 1 saturated carbocycles. The van der Waals surface area contributed by atoms with E-state index >= 15 is 0 Å². The first-order valence-electron chi connectivity index (χ1n) is 6.25. The zero-order valence-electron chi connectivity index (χ0n) is 10.7. The van der Waals surface area contributed by atoms with Crippen molar-refractivity contribution in [2.75, 3.05) is 0 Å². The van der Waals surface area contributed by atoms with Crippen LogP contribution in [-0.4, -0.2) is 11.9 Å². The van der Waals surface area contributed by atoms with Crippen molar-refractivity contribution in [3.63, 3.8) is 0 Å². The topological polar surface area (TPSA) is 55.1 Å². The maximum Gasteiger partial charge on any atom is 0.224 e. The molecule has 0 bridgehead atoms. The average molecular weight is 269 g/mol. The predicted molar refractivity (Wildman–Crippen MR) is 75.6 cm³/mol. The number of carbonyl (C=O) groups is 1. The van der Waals surface area contributed by atoms with Crippen molar-refractivity contribution < 1.29 is 4.79 Å². The fourth-order valence-electron chi connectivity index (χ4n) is 2.46. The van der Waals surface area contributed by atoms with E-state index in [4.69, 9.17) is 5.73 Å². The summed E-state index contributed by atoms with van der Waals surface area (Å²) in [6.45, 7) is 2.65. The van der Waals surface area contributed by atoms with Gasteiger partial charge in [-0.1, -0.05) is 36.2 Å². The van der Waals surface area contributed by atoms with Gasteiger partial charge in [0.25, 0.3) is 0 Å². The van der Waals surface area contributed by atoms with E-state index in [9.17, 15) is 4.79 Å². The van der Waals surface area contributed by atoms with Gasteiger partial charge in [0.2, 0.25) is 5.91 Å². The van der Waals surface area contributed by atoms with Gasteiger partial charge in [-0.2, -0.15) is 0 Å². The van der Waals surface area contributed by atoms with Gasteiger partial charge in [0.05, 0.1) is 5.92 Å². The minimum absolute atomic E-state index is 0. The lowest BCUT2D eigenvalue weighted by Crippen LogP contribution is -2.38. The van der Waals surface area contributed by atoms with Crippen LogP contribution in [0.15, 0.2) is 24.3 Å². The van der Waals surface area contributed by atoms with Crippen molar-refractivity contribution >= 4 is 18.3 Å². The first-order chi connectivity index (χ1) is 8.16. The number of benzene rings is 1. The predicted octanol–water partition coefficient (Wildman–Crippen LogP) is 2.16. The Morgan fingerprint density at radius 2 is 2.22 bits per heavy atom. The van der Waals surface area contributed by atoms with Crippen molar-refractivity contribution in [3.8, 4) is 0 Å². The molecule has 4 heteroatoms. The number of nitrogens with two attached hydrogens (primary N) is 1. The number of aryl methyl sites for hydroxylation is 1. The molecule has 0 aliphatic heterocycles. The first-order valence-corrected chi connectivity index (χ1v) is 6.25. The maximum atomic E-state index is 11.9. The van der Waals surface area contributed by atoms with Crippen molar-refractivity contribution in [2.45, 2.75) is 38.8 Å². The smallest absolute Gasteiger partial charge is 0.224 e. The number of carbonyl (C=O) groups excluding carboxylic acids is 1. The van der Waals surface area contributed by atoms with Crippen molar-refractivity contribution in [2.24, 2.45) is 11.7 Å². The Labute approximate surface area is 115 Å². The Bertz CT molecular complexity index is 409. The molecule has 0 saturated heterocycles. The molecule has 3 nitrogen and oxygen atoms in total. The van der Waals surface area contributed by atoms with Crippen LogP contribution < -0.4 is 11.1 Å². The van der Waals surface area contributed by atoms with E-state index in [0.717, 1.165) is 24.8 Å². The Morgan fingerprint density at radius 1 is 1.44 bits per heavy atom. The van der Waals surface area contributed by atoms with Gasteiger partial charge in [0, 0.05) is 12.6 Å². The molecule has 2 atom stereocenters. The molecule has 1 aromatic carbocycles. The highest BCUT2D eigenvalue weighted by Gasteiger charge is 2.29. The highest BCUT2D eigenvalue weighted by Crippen LogP contribution is 2.24. The molecule has 18 heavy (non-hydrogen) atoms. The molecule has 1 fully saturated rings. The molecule has 0 aromatic heterocycles. The van der Waals surface area contributed by atoms with E-state index in [1.807, 2.05) is 12.1 Å². The molecule has 1 aliphatic rings. The minimum atomic E-state index is 0. The van der Waals surface area contributed by atoms with Crippen LogP contribution in [0.3, 0.4) is 0 Å². The quantitative estimate of drug-likeness (QED) is 0.883. The second-order valence-corrected chi connectivity index (χ2v) is 4.91. The van der Waals surface area contributed by atoms with Crippen LogP contribution in [0.5, 0.6) is 0 Å². The molecule has 0 radical (unpaired) electrons. The number of amides is 1. The average Bonchev–Trinajstić information content (AvgIpc) is 2.72. The van der Waals surface area contributed by atoms with Gasteiger partial charge in [0.1, 0.15) is 0 Å². The molecule has 1 amide bonds. The summed E-state index contributed by atoms with van der Waals surface area (Å²) in [5.41, 5.74) is 8.27. The third kappa shape index (κ3) is 3.72. The number of nitrogens with one attached hydrogen (secondary N) is 1. The fraction of sp³-hybridized carbons (Fsp3) is 0.500. The second kappa shape index (κ2) is 6.76. The first kappa shape index (κ1) is 15.0. The zero-order chi connectivity index (χ0) is 12.3. The van der Waals surface area contributed by atoms with Crippen LogP contribution >= 0.6 is 12.4 Å². The van der Waals surface area contributed by atoms with Crippen LogP contribution in [0.1, 0.15) is 30.4 Å². The van der Waals surface area contributed by atoms with Gasteiger partial charge in [-0.05, 0) is 25.3 Å². The van der Waals surface area contributed by atoms with Crippen molar-refractivity contribution in [3.05, 3.63) is 35.4 Å². The summed E-state index contributed by atoms with van der Waals surface area (Å²) in [6.07, 6.45) is 2.98. The van der Waals surface area contributed by atoms with E-state index in [2.05, 4.69) is 24.4 Å². The Kier molecular flexibility index (Phi) is 5.63. The van der Waals surface area contributed by atoms with Crippen LogP contribution in [0.4, 0.5) is 0 Å². The molecule has 2 unspecified atom stereocenters. The van der Waals surface area contributed by atoms with Crippen LogP contribution in [0, 0.1) is 12.8 Å². The monoisotopic (exact) mass is 268 g/mol. The molecule has 1 aromatic rings. The summed E-state index contributed by atoms with van der Waals surface area (Å²) in [5, 5.41) is 2.98. The number of hydrogen-bond donors (Lipinski definition) is 2. The minimum Gasteiger partial charge on any atom is -0.352 e. The van der Waals surface area contributed by atoms with E-state index in [1.165, 1.54) is 5.56 Å². The lowest BCUT2D eigenvalue weighted by Gasteiger charge is -2.15. The Balaban J connectivity index is 0.00000162. The molecule has 2 rings (SSSR count). The molecule has 100 valence electrons. The van der Waals surface area contributed by atoms with E-state index < -0.39 is 0 Å². The van der Waals surface area contributed by atoms with Crippen molar-refractivity contribution in [1.29, 1.82) is 0 Å². The third-order valence-electron chi connectivity index (χ3n) is 3.46. The lowest BCUT2D eigenvalue weighted by atomic mass is 10.0. The molecule has 3 N–H and O–H groups in total. The van der Waals surface area contributed by atoms with E-state index in [0.29, 0.717) is 6.54 Å². The van der Waals surface area contributed by atoms with Crippen molar-refractivity contribution in [1.82, 2.24) is 5.32 Å². The van der Waals surface area contributed by atoms with Crippen LogP contribution in [0.2, 0.25) is 0 Å². The van der Waals surface area contributed by atoms with Gasteiger partial charge in [-0.15, -0.1) is 12.4 Å². The number of rotatable bonds is 3. The highest BCUT2D eigenvalue weighted by atomic mass is 35.5. The number of halogens is 1. The summed E-state index contributed by atoms with van der Waals surface area (Å²) >= 11 is 0.